The molecule has 1 aliphatic heterocycles. The standard InChI is InChI=1S/C17H21ClN2/c1-3-12-6-5-7-13-14(10-18)15-11-20(4-2)9-8-16(15)19-17(12)13/h5-7H,3-4,8-11H2,1-2H3. The first kappa shape index (κ1) is 13.8. The van der Waals surface area contributed by atoms with Gasteiger partial charge >= 0.3 is 0 Å². The molecule has 20 heavy (non-hydrogen) atoms. The topological polar surface area (TPSA) is 16.1 Å². The molecule has 3 rings (SSSR count). The van der Waals surface area contributed by atoms with E-state index in [9.17, 15) is 0 Å². The van der Waals surface area contributed by atoms with E-state index < -0.39 is 0 Å². The van der Waals surface area contributed by atoms with Gasteiger partial charge in [0.1, 0.15) is 0 Å². The minimum Gasteiger partial charge on any atom is -0.299 e. The smallest absolute Gasteiger partial charge is 0.0740 e. The summed E-state index contributed by atoms with van der Waals surface area (Å²) >= 11 is 6.28. The number of aromatic nitrogens is 1. The quantitative estimate of drug-likeness (QED) is 0.796. The molecule has 0 spiro atoms. The van der Waals surface area contributed by atoms with Crippen LogP contribution in [0.2, 0.25) is 0 Å². The zero-order chi connectivity index (χ0) is 14.1. The van der Waals surface area contributed by atoms with Gasteiger partial charge in [-0.15, -0.1) is 11.6 Å². The fourth-order valence-electron chi connectivity index (χ4n) is 3.17. The molecule has 2 aromatic rings. The molecule has 1 aromatic carbocycles. The zero-order valence-electron chi connectivity index (χ0n) is 12.2. The Labute approximate surface area is 125 Å². The number of likely N-dealkylation sites (N-methyl/N-ethyl adjacent to an activating group) is 1. The summed E-state index contributed by atoms with van der Waals surface area (Å²) in [5.41, 5.74) is 6.41. The number of hydrogen-bond donors (Lipinski definition) is 0. The highest BCUT2D eigenvalue weighted by Gasteiger charge is 2.21. The number of hydrogen-bond acceptors (Lipinski definition) is 2. The van der Waals surface area contributed by atoms with E-state index in [0.717, 1.165) is 38.0 Å². The first-order valence-corrected chi connectivity index (χ1v) is 8.02. The molecule has 0 fully saturated rings. The second kappa shape index (κ2) is 5.71. The van der Waals surface area contributed by atoms with Crippen molar-refractivity contribution in [3.8, 4) is 0 Å². The van der Waals surface area contributed by atoms with Crippen molar-refractivity contribution in [3.05, 3.63) is 40.6 Å². The van der Waals surface area contributed by atoms with E-state index in [2.05, 4.69) is 36.9 Å². The van der Waals surface area contributed by atoms with Crippen LogP contribution in [0.4, 0.5) is 0 Å². The van der Waals surface area contributed by atoms with Crippen LogP contribution in [0.25, 0.3) is 10.9 Å². The summed E-state index contributed by atoms with van der Waals surface area (Å²) in [5, 5.41) is 1.25. The van der Waals surface area contributed by atoms with E-state index in [0.29, 0.717) is 5.88 Å². The van der Waals surface area contributed by atoms with E-state index in [1.807, 2.05) is 0 Å². The lowest BCUT2D eigenvalue weighted by Gasteiger charge is -2.29. The highest BCUT2D eigenvalue weighted by atomic mass is 35.5. The van der Waals surface area contributed by atoms with Gasteiger partial charge in [0.2, 0.25) is 0 Å². The van der Waals surface area contributed by atoms with Crippen molar-refractivity contribution in [1.29, 1.82) is 0 Å². The Morgan fingerprint density at radius 2 is 2.15 bits per heavy atom. The van der Waals surface area contributed by atoms with Crippen molar-refractivity contribution >= 4 is 22.5 Å². The van der Waals surface area contributed by atoms with E-state index >= 15 is 0 Å². The first-order valence-electron chi connectivity index (χ1n) is 7.49. The molecular weight excluding hydrogens is 268 g/mol. The Morgan fingerprint density at radius 1 is 1.30 bits per heavy atom. The Kier molecular flexibility index (Phi) is 3.95. The number of nitrogens with zero attached hydrogens (tertiary/aromatic N) is 2. The first-order chi connectivity index (χ1) is 9.78. The molecule has 0 saturated heterocycles. The van der Waals surface area contributed by atoms with Gasteiger partial charge in [0.15, 0.2) is 0 Å². The number of pyridine rings is 1. The molecule has 0 N–H and O–H groups in total. The van der Waals surface area contributed by atoms with Gasteiger partial charge in [0.05, 0.1) is 5.52 Å². The molecule has 2 heterocycles. The lowest BCUT2D eigenvalue weighted by Crippen LogP contribution is -2.31. The molecule has 2 nitrogen and oxygen atoms in total. The number of halogens is 1. The predicted octanol–water partition coefficient (Wildman–Crippen LogP) is 3.91. The van der Waals surface area contributed by atoms with Gasteiger partial charge in [0, 0.05) is 36.5 Å². The Balaban J connectivity index is 2.25. The summed E-state index contributed by atoms with van der Waals surface area (Å²) in [6.07, 6.45) is 2.06. The predicted molar refractivity (Wildman–Crippen MR) is 85.3 cm³/mol. The molecule has 0 unspecified atom stereocenters. The van der Waals surface area contributed by atoms with E-state index in [-0.39, 0.29) is 0 Å². The average Bonchev–Trinajstić information content (AvgIpc) is 2.51. The summed E-state index contributed by atoms with van der Waals surface area (Å²) < 4.78 is 0. The highest BCUT2D eigenvalue weighted by molar-refractivity contribution is 6.18. The number of para-hydroxylation sites is 1. The summed E-state index contributed by atoms with van der Waals surface area (Å²) in [6.45, 7) is 7.60. The third-order valence-corrected chi connectivity index (χ3v) is 4.68. The lowest BCUT2D eigenvalue weighted by atomic mass is 9.95. The van der Waals surface area contributed by atoms with Crippen LogP contribution in [0.15, 0.2) is 18.2 Å². The summed E-state index contributed by atoms with van der Waals surface area (Å²) in [6, 6.07) is 6.48. The molecule has 0 radical (unpaired) electrons. The van der Waals surface area contributed by atoms with Crippen molar-refractivity contribution in [2.24, 2.45) is 0 Å². The number of alkyl halides is 1. The van der Waals surface area contributed by atoms with Crippen molar-refractivity contribution in [1.82, 2.24) is 9.88 Å². The summed E-state index contributed by atoms with van der Waals surface area (Å²) in [7, 11) is 0. The van der Waals surface area contributed by atoms with Gasteiger partial charge in [-0.25, -0.2) is 0 Å². The van der Waals surface area contributed by atoms with Gasteiger partial charge in [-0.1, -0.05) is 32.0 Å². The molecule has 1 aromatic heterocycles. The Hall–Kier alpha value is -1.12. The molecule has 106 valence electrons. The van der Waals surface area contributed by atoms with Crippen LogP contribution in [0.1, 0.15) is 36.2 Å². The molecule has 0 amide bonds. The monoisotopic (exact) mass is 288 g/mol. The largest absolute Gasteiger partial charge is 0.299 e. The van der Waals surface area contributed by atoms with Crippen LogP contribution in [-0.2, 0) is 25.3 Å². The SMILES string of the molecule is CCc1cccc2c(CCl)c3c(nc12)CCN(CC)C3. The van der Waals surface area contributed by atoms with E-state index in [1.165, 1.54) is 27.8 Å². The van der Waals surface area contributed by atoms with Gasteiger partial charge in [-0.2, -0.15) is 0 Å². The molecule has 1 aliphatic rings. The molecule has 0 saturated carbocycles. The number of rotatable bonds is 3. The number of aryl methyl sites for hydroxylation is 1. The third-order valence-electron chi connectivity index (χ3n) is 4.41. The van der Waals surface area contributed by atoms with Gasteiger partial charge in [0.25, 0.3) is 0 Å². The van der Waals surface area contributed by atoms with E-state index in [4.69, 9.17) is 16.6 Å². The van der Waals surface area contributed by atoms with Crippen LogP contribution in [0.5, 0.6) is 0 Å². The maximum atomic E-state index is 6.28. The van der Waals surface area contributed by atoms with Gasteiger partial charge in [-0.3, -0.25) is 9.88 Å². The zero-order valence-corrected chi connectivity index (χ0v) is 13.0. The van der Waals surface area contributed by atoms with Crippen molar-refractivity contribution < 1.29 is 0 Å². The lowest BCUT2D eigenvalue weighted by molar-refractivity contribution is 0.265. The second-order valence-electron chi connectivity index (χ2n) is 5.43. The van der Waals surface area contributed by atoms with Crippen molar-refractivity contribution in [2.75, 3.05) is 13.1 Å². The van der Waals surface area contributed by atoms with E-state index in [1.54, 1.807) is 0 Å². The number of benzene rings is 1. The maximum Gasteiger partial charge on any atom is 0.0740 e. The average molecular weight is 289 g/mol. The molecular formula is C17H21ClN2. The number of fused-ring (bicyclic) bond motifs is 2. The normalized spacial score (nSPS) is 15.6. The van der Waals surface area contributed by atoms with Crippen molar-refractivity contribution in [2.45, 2.75) is 39.1 Å². The second-order valence-corrected chi connectivity index (χ2v) is 5.70. The fourth-order valence-corrected chi connectivity index (χ4v) is 3.48. The molecule has 3 heteroatoms. The van der Waals surface area contributed by atoms with Gasteiger partial charge < -0.3 is 0 Å². The minimum absolute atomic E-state index is 0.575. The van der Waals surface area contributed by atoms with Crippen molar-refractivity contribution in [3.63, 3.8) is 0 Å². The summed E-state index contributed by atoms with van der Waals surface area (Å²) in [5.74, 6) is 0.575. The third kappa shape index (κ3) is 2.21. The Bertz CT molecular complexity index is 636. The Morgan fingerprint density at radius 3 is 2.85 bits per heavy atom. The summed E-state index contributed by atoms with van der Waals surface area (Å²) in [4.78, 5) is 7.45. The minimum atomic E-state index is 0.575. The highest BCUT2D eigenvalue weighted by Crippen LogP contribution is 2.30. The molecule has 0 atom stereocenters. The van der Waals surface area contributed by atoms with Crippen LogP contribution in [0.3, 0.4) is 0 Å². The van der Waals surface area contributed by atoms with Crippen LogP contribution in [-0.4, -0.2) is 23.0 Å². The van der Waals surface area contributed by atoms with Crippen LogP contribution < -0.4 is 0 Å². The van der Waals surface area contributed by atoms with Gasteiger partial charge in [-0.05, 0) is 29.7 Å². The molecule has 0 aliphatic carbocycles. The fraction of sp³-hybridized carbons (Fsp3) is 0.471. The van der Waals surface area contributed by atoms with Crippen LogP contribution in [0, 0.1) is 0 Å². The van der Waals surface area contributed by atoms with Crippen LogP contribution >= 0.6 is 11.6 Å². The maximum absolute atomic E-state index is 6.28. The molecule has 0 bridgehead atoms.